The van der Waals surface area contributed by atoms with Crippen LogP contribution in [-0.2, 0) is 11.3 Å². The number of aliphatic hydroxyl groups excluding tert-OH is 1. The lowest BCUT2D eigenvalue weighted by atomic mass is 10.1. The van der Waals surface area contributed by atoms with Gasteiger partial charge in [0.15, 0.2) is 11.5 Å². The summed E-state index contributed by atoms with van der Waals surface area (Å²) < 4.78 is 16.9. The fourth-order valence-corrected chi connectivity index (χ4v) is 3.42. The molecule has 0 unspecified atom stereocenters. The molecule has 0 aromatic heterocycles. The predicted molar refractivity (Wildman–Crippen MR) is 101 cm³/mol. The number of ether oxygens (including phenoxy) is 3. The molecule has 1 heterocycles. The highest BCUT2D eigenvalue weighted by atomic mass is 16.5. The minimum absolute atomic E-state index is 0.261. The van der Waals surface area contributed by atoms with Gasteiger partial charge in [0.2, 0.25) is 0 Å². The number of aliphatic hydroxyl groups is 1. The Morgan fingerprint density at radius 2 is 2.08 bits per heavy atom. The molecule has 0 spiro atoms. The van der Waals surface area contributed by atoms with Crippen LogP contribution < -0.4 is 9.47 Å². The molecule has 1 atom stereocenters. The van der Waals surface area contributed by atoms with Crippen molar-refractivity contribution in [2.75, 3.05) is 60.2 Å². The van der Waals surface area contributed by atoms with Crippen LogP contribution in [-0.4, -0.2) is 81.2 Å². The van der Waals surface area contributed by atoms with Crippen LogP contribution >= 0.6 is 0 Å². The van der Waals surface area contributed by atoms with E-state index in [9.17, 15) is 5.11 Å². The van der Waals surface area contributed by atoms with Crippen molar-refractivity contribution >= 4 is 0 Å². The minimum atomic E-state index is -0.532. The molecule has 1 aromatic carbocycles. The second-order valence-electron chi connectivity index (χ2n) is 7.47. The van der Waals surface area contributed by atoms with Crippen LogP contribution in [0, 0.1) is 5.92 Å². The van der Waals surface area contributed by atoms with E-state index in [2.05, 4.69) is 22.9 Å². The van der Waals surface area contributed by atoms with E-state index in [1.165, 1.54) is 12.8 Å². The zero-order valence-electron chi connectivity index (χ0n) is 16.0. The fourth-order valence-electron chi connectivity index (χ4n) is 3.42. The van der Waals surface area contributed by atoms with Gasteiger partial charge in [-0.15, -0.1) is 0 Å². The van der Waals surface area contributed by atoms with E-state index in [1.54, 1.807) is 7.11 Å². The summed E-state index contributed by atoms with van der Waals surface area (Å²) in [6, 6.07) is 5.99. The van der Waals surface area contributed by atoms with Crippen LogP contribution in [0.25, 0.3) is 0 Å². The van der Waals surface area contributed by atoms with Crippen molar-refractivity contribution in [1.29, 1.82) is 0 Å². The summed E-state index contributed by atoms with van der Waals surface area (Å²) in [5.74, 6) is 2.32. The maximum Gasteiger partial charge on any atom is 0.165 e. The Bertz CT molecular complexity index is 559. The zero-order valence-corrected chi connectivity index (χ0v) is 16.0. The molecule has 3 rings (SSSR count). The van der Waals surface area contributed by atoms with Gasteiger partial charge in [0.25, 0.3) is 0 Å². The molecule has 26 heavy (non-hydrogen) atoms. The van der Waals surface area contributed by atoms with Gasteiger partial charge in [-0.1, -0.05) is 12.1 Å². The largest absolute Gasteiger partial charge is 0.493 e. The smallest absolute Gasteiger partial charge is 0.165 e. The molecule has 6 nitrogen and oxygen atoms in total. The van der Waals surface area contributed by atoms with Gasteiger partial charge >= 0.3 is 0 Å². The third-order valence-corrected chi connectivity index (χ3v) is 4.98. The number of para-hydroxylation sites is 1. The SMILES string of the molecule is COc1cccc(CN(C)CC2CC2)c1OC[C@@H](O)CN1CCOCC1. The first kappa shape index (κ1) is 19.4. The number of rotatable bonds is 10. The Hall–Kier alpha value is -1.34. The number of methoxy groups -OCH3 is 1. The third kappa shape index (κ3) is 5.84. The van der Waals surface area contributed by atoms with Gasteiger partial charge in [-0.3, -0.25) is 4.90 Å². The summed E-state index contributed by atoms with van der Waals surface area (Å²) in [5.41, 5.74) is 1.10. The first-order valence-corrected chi connectivity index (χ1v) is 9.61. The van der Waals surface area contributed by atoms with E-state index >= 15 is 0 Å². The lowest BCUT2D eigenvalue weighted by molar-refractivity contribution is 0.00432. The number of morpholine rings is 1. The summed E-state index contributed by atoms with van der Waals surface area (Å²) in [5, 5.41) is 10.4. The second-order valence-corrected chi connectivity index (χ2v) is 7.47. The lowest BCUT2D eigenvalue weighted by Gasteiger charge is -2.28. The van der Waals surface area contributed by atoms with Crippen LogP contribution in [0.3, 0.4) is 0 Å². The van der Waals surface area contributed by atoms with Gasteiger partial charge in [-0.2, -0.15) is 0 Å². The highest BCUT2D eigenvalue weighted by molar-refractivity contribution is 5.46. The molecular weight excluding hydrogens is 332 g/mol. The van der Waals surface area contributed by atoms with Crippen molar-refractivity contribution in [2.24, 2.45) is 5.92 Å². The Kier molecular flexibility index (Phi) is 7.14. The summed E-state index contributed by atoms with van der Waals surface area (Å²) in [4.78, 5) is 4.55. The molecule has 0 radical (unpaired) electrons. The van der Waals surface area contributed by atoms with E-state index in [0.29, 0.717) is 6.54 Å². The molecule has 1 aliphatic carbocycles. The highest BCUT2D eigenvalue weighted by Gasteiger charge is 2.24. The van der Waals surface area contributed by atoms with Crippen molar-refractivity contribution in [2.45, 2.75) is 25.5 Å². The maximum atomic E-state index is 10.4. The van der Waals surface area contributed by atoms with E-state index in [4.69, 9.17) is 14.2 Å². The summed E-state index contributed by atoms with van der Waals surface area (Å²) >= 11 is 0. The molecule has 6 heteroatoms. The maximum absolute atomic E-state index is 10.4. The summed E-state index contributed by atoms with van der Waals surface area (Å²) in [6.07, 6.45) is 2.16. The molecule has 146 valence electrons. The monoisotopic (exact) mass is 364 g/mol. The van der Waals surface area contributed by atoms with Crippen LogP contribution in [0.2, 0.25) is 0 Å². The molecule has 0 amide bonds. The van der Waals surface area contributed by atoms with Crippen molar-refractivity contribution < 1.29 is 19.3 Å². The molecule has 1 aliphatic heterocycles. The standard InChI is InChI=1S/C20H32N2O4/c1-21(12-16-6-7-16)13-17-4-3-5-19(24-2)20(17)26-15-18(23)14-22-8-10-25-11-9-22/h3-5,16,18,23H,6-15H2,1-2H3/t18-/m0/s1. The summed E-state index contributed by atoms with van der Waals surface area (Å²) in [7, 11) is 3.80. The minimum Gasteiger partial charge on any atom is -0.493 e. The molecule has 1 saturated heterocycles. The number of hydrogen-bond acceptors (Lipinski definition) is 6. The number of benzene rings is 1. The molecule has 1 N–H and O–H groups in total. The Morgan fingerprint density at radius 3 is 2.77 bits per heavy atom. The summed E-state index contributed by atoms with van der Waals surface area (Å²) in [6.45, 7) is 6.01. The molecule has 1 aromatic rings. The van der Waals surface area contributed by atoms with Crippen molar-refractivity contribution in [1.82, 2.24) is 9.80 Å². The van der Waals surface area contributed by atoms with Crippen LogP contribution in [0.5, 0.6) is 11.5 Å². The van der Waals surface area contributed by atoms with Gasteiger partial charge in [0.05, 0.1) is 20.3 Å². The van der Waals surface area contributed by atoms with Crippen molar-refractivity contribution in [3.8, 4) is 11.5 Å². The quantitative estimate of drug-likeness (QED) is 0.681. The van der Waals surface area contributed by atoms with Crippen molar-refractivity contribution in [3.63, 3.8) is 0 Å². The average Bonchev–Trinajstić information content (AvgIpc) is 3.45. The van der Waals surface area contributed by atoms with E-state index in [1.807, 2.05) is 12.1 Å². The molecule has 0 bridgehead atoms. The first-order valence-electron chi connectivity index (χ1n) is 9.61. The van der Waals surface area contributed by atoms with E-state index in [-0.39, 0.29) is 6.61 Å². The lowest BCUT2D eigenvalue weighted by Crippen LogP contribution is -2.42. The van der Waals surface area contributed by atoms with Gasteiger partial charge in [-0.05, 0) is 31.9 Å². The van der Waals surface area contributed by atoms with Crippen LogP contribution in [0.1, 0.15) is 18.4 Å². The number of nitrogens with zero attached hydrogens (tertiary/aromatic N) is 2. The average molecular weight is 364 g/mol. The van der Waals surface area contributed by atoms with Gasteiger partial charge in [0, 0.05) is 38.3 Å². The third-order valence-electron chi connectivity index (χ3n) is 4.98. The van der Waals surface area contributed by atoms with Crippen LogP contribution in [0.15, 0.2) is 18.2 Å². The Labute approximate surface area is 156 Å². The van der Waals surface area contributed by atoms with Crippen molar-refractivity contribution in [3.05, 3.63) is 23.8 Å². The molecule has 2 fully saturated rings. The number of β-amino-alcohol motifs (C(OH)–C–C–N with tert-alkyl or cyclic N) is 1. The Morgan fingerprint density at radius 1 is 1.31 bits per heavy atom. The number of hydrogen-bond donors (Lipinski definition) is 1. The molecular formula is C20H32N2O4. The Balaban J connectivity index is 1.57. The molecule has 1 saturated carbocycles. The van der Waals surface area contributed by atoms with Gasteiger partial charge < -0.3 is 24.2 Å². The fraction of sp³-hybridized carbons (Fsp3) is 0.700. The second kappa shape index (κ2) is 9.55. The van der Waals surface area contributed by atoms with E-state index in [0.717, 1.165) is 62.4 Å². The normalized spacial score (nSPS) is 19.5. The highest BCUT2D eigenvalue weighted by Crippen LogP contribution is 2.34. The first-order chi connectivity index (χ1) is 12.7. The molecule has 2 aliphatic rings. The van der Waals surface area contributed by atoms with E-state index < -0.39 is 6.10 Å². The topological polar surface area (TPSA) is 54.4 Å². The predicted octanol–water partition coefficient (Wildman–Crippen LogP) is 1.61. The van der Waals surface area contributed by atoms with Gasteiger partial charge in [-0.25, -0.2) is 0 Å². The van der Waals surface area contributed by atoms with Crippen LogP contribution in [0.4, 0.5) is 0 Å². The van der Waals surface area contributed by atoms with Gasteiger partial charge in [0.1, 0.15) is 12.7 Å². The zero-order chi connectivity index (χ0) is 18.4.